The number of benzene rings is 1. The maximum absolute atomic E-state index is 6.31. The van der Waals surface area contributed by atoms with Crippen molar-refractivity contribution in [3.8, 4) is 0 Å². The summed E-state index contributed by atoms with van der Waals surface area (Å²) in [5, 5.41) is 3.11. The molecular weight excluding hydrogens is 250 g/mol. The van der Waals surface area contributed by atoms with E-state index < -0.39 is 5.66 Å². The van der Waals surface area contributed by atoms with E-state index in [0.29, 0.717) is 18.9 Å². The summed E-state index contributed by atoms with van der Waals surface area (Å²) in [7, 11) is 0. The van der Waals surface area contributed by atoms with Gasteiger partial charge in [0, 0.05) is 11.3 Å². The number of guanidine groups is 1. The summed E-state index contributed by atoms with van der Waals surface area (Å²) in [5.41, 5.74) is 21.4. The fourth-order valence-corrected chi connectivity index (χ4v) is 2.41. The third-order valence-electron chi connectivity index (χ3n) is 3.66. The smallest absolute Gasteiger partial charge is 0.195 e. The number of hydrogen-bond acceptors (Lipinski definition) is 5. The molecule has 0 fully saturated rings. The number of hydrogen-bond donors (Lipinski definition) is 4. The van der Waals surface area contributed by atoms with Crippen molar-refractivity contribution in [3.63, 3.8) is 0 Å². The van der Waals surface area contributed by atoms with Crippen LogP contribution in [0.4, 0.5) is 0 Å². The first-order chi connectivity index (χ1) is 9.45. The van der Waals surface area contributed by atoms with Crippen LogP contribution in [0.15, 0.2) is 29.3 Å². The highest BCUT2D eigenvalue weighted by Gasteiger charge is 2.26. The molecule has 0 saturated heterocycles. The molecule has 0 aromatic heterocycles. The minimum absolute atomic E-state index is 0.350. The van der Waals surface area contributed by atoms with E-state index in [0.717, 1.165) is 17.7 Å². The summed E-state index contributed by atoms with van der Waals surface area (Å²) in [6.07, 6.45) is 3.44. The molecule has 1 aliphatic heterocycles. The van der Waals surface area contributed by atoms with Crippen LogP contribution < -0.4 is 22.5 Å². The standard InChI is InChI=1S/C15H23N5/c1-10-5-3-6-12(11(10)2)13-9-15(18,7-4-8-16)20-14(17)19-13/h3,5-6,9H,4,7-8,16,18H2,1-2H3,(H3,17,19,20). The van der Waals surface area contributed by atoms with Crippen LogP contribution in [0.1, 0.15) is 29.5 Å². The Hall–Kier alpha value is -1.85. The lowest BCUT2D eigenvalue weighted by Crippen LogP contribution is -2.46. The number of nitrogens with two attached hydrogens (primary N) is 3. The average Bonchev–Trinajstić information content (AvgIpc) is 2.38. The SMILES string of the molecule is Cc1cccc(C2=CC(N)(CCCN)N=C(N)N2)c1C. The second-order valence-corrected chi connectivity index (χ2v) is 5.31. The molecule has 1 aromatic rings. The van der Waals surface area contributed by atoms with Gasteiger partial charge >= 0.3 is 0 Å². The maximum Gasteiger partial charge on any atom is 0.195 e. The van der Waals surface area contributed by atoms with Crippen LogP contribution >= 0.6 is 0 Å². The Kier molecular flexibility index (Phi) is 4.11. The van der Waals surface area contributed by atoms with Gasteiger partial charge in [0.1, 0.15) is 5.66 Å². The van der Waals surface area contributed by atoms with E-state index in [1.807, 2.05) is 12.1 Å². The molecule has 1 aromatic carbocycles. The number of nitrogens with one attached hydrogen (secondary N) is 1. The molecule has 5 nitrogen and oxygen atoms in total. The van der Waals surface area contributed by atoms with E-state index in [-0.39, 0.29) is 0 Å². The Morgan fingerprint density at radius 3 is 2.75 bits per heavy atom. The van der Waals surface area contributed by atoms with Gasteiger partial charge in [-0.2, -0.15) is 0 Å². The molecule has 7 N–H and O–H groups in total. The zero-order chi connectivity index (χ0) is 14.8. The molecule has 0 aliphatic carbocycles. The van der Waals surface area contributed by atoms with Crippen molar-refractivity contribution in [2.45, 2.75) is 32.4 Å². The minimum atomic E-state index is -0.778. The average molecular weight is 273 g/mol. The highest BCUT2D eigenvalue weighted by atomic mass is 15.2. The van der Waals surface area contributed by atoms with Crippen molar-refractivity contribution >= 4 is 11.7 Å². The van der Waals surface area contributed by atoms with Crippen molar-refractivity contribution < 1.29 is 0 Å². The first-order valence-electron chi connectivity index (χ1n) is 6.86. The van der Waals surface area contributed by atoms with Crippen LogP contribution in [-0.4, -0.2) is 18.2 Å². The Morgan fingerprint density at radius 1 is 1.30 bits per heavy atom. The Bertz CT molecular complexity index is 561. The molecule has 5 heteroatoms. The first-order valence-corrected chi connectivity index (χ1v) is 6.86. The largest absolute Gasteiger partial charge is 0.370 e. The molecule has 108 valence electrons. The lowest BCUT2D eigenvalue weighted by Gasteiger charge is -2.29. The number of aryl methyl sites for hydroxylation is 1. The summed E-state index contributed by atoms with van der Waals surface area (Å²) >= 11 is 0. The van der Waals surface area contributed by atoms with Gasteiger partial charge < -0.3 is 22.5 Å². The van der Waals surface area contributed by atoms with Gasteiger partial charge in [-0.1, -0.05) is 18.2 Å². The molecular formula is C15H23N5. The van der Waals surface area contributed by atoms with Crippen LogP contribution in [0.2, 0.25) is 0 Å². The van der Waals surface area contributed by atoms with Crippen molar-refractivity contribution in [2.24, 2.45) is 22.2 Å². The monoisotopic (exact) mass is 273 g/mol. The summed E-state index contributed by atoms with van der Waals surface area (Å²) in [6, 6.07) is 6.17. The minimum Gasteiger partial charge on any atom is -0.370 e. The van der Waals surface area contributed by atoms with Crippen LogP contribution in [-0.2, 0) is 0 Å². The predicted molar refractivity (Wildman–Crippen MR) is 83.9 cm³/mol. The molecule has 1 unspecified atom stereocenters. The normalized spacial score (nSPS) is 22.0. The van der Waals surface area contributed by atoms with E-state index >= 15 is 0 Å². The number of rotatable bonds is 4. The van der Waals surface area contributed by atoms with Crippen LogP contribution in [0, 0.1) is 13.8 Å². The molecule has 0 spiro atoms. The van der Waals surface area contributed by atoms with Gasteiger partial charge in [-0.15, -0.1) is 0 Å². The number of nitrogens with zero attached hydrogens (tertiary/aromatic N) is 1. The highest BCUT2D eigenvalue weighted by Crippen LogP contribution is 2.26. The molecule has 0 amide bonds. The van der Waals surface area contributed by atoms with Crippen LogP contribution in [0.25, 0.3) is 5.70 Å². The quantitative estimate of drug-likeness (QED) is 0.656. The van der Waals surface area contributed by atoms with Crippen molar-refractivity contribution in [3.05, 3.63) is 41.0 Å². The van der Waals surface area contributed by atoms with E-state index in [1.54, 1.807) is 0 Å². The van der Waals surface area contributed by atoms with Gasteiger partial charge in [0.05, 0.1) is 0 Å². The third-order valence-corrected chi connectivity index (χ3v) is 3.66. The lowest BCUT2D eigenvalue weighted by molar-refractivity contribution is 0.487. The van der Waals surface area contributed by atoms with E-state index in [2.05, 4.69) is 36.3 Å². The predicted octanol–water partition coefficient (Wildman–Crippen LogP) is 0.956. The highest BCUT2D eigenvalue weighted by molar-refractivity contribution is 5.91. The van der Waals surface area contributed by atoms with Gasteiger partial charge in [-0.25, -0.2) is 4.99 Å². The summed E-state index contributed by atoms with van der Waals surface area (Å²) in [6.45, 7) is 4.77. The maximum atomic E-state index is 6.31. The van der Waals surface area contributed by atoms with E-state index in [9.17, 15) is 0 Å². The molecule has 20 heavy (non-hydrogen) atoms. The van der Waals surface area contributed by atoms with Gasteiger partial charge in [0.25, 0.3) is 0 Å². The van der Waals surface area contributed by atoms with Gasteiger partial charge in [0.15, 0.2) is 5.96 Å². The van der Waals surface area contributed by atoms with Crippen molar-refractivity contribution in [2.75, 3.05) is 6.54 Å². The first kappa shape index (κ1) is 14.6. The summed E-state index contributed by atoms with van der Waals surface area (Å²) < 4.78 is 0. The van der Waals surface area contributed by atoms with Gasteiger partial charge in [0.2, 0.25) is 0 Å². The molecule has 2 rings (SSSR count). The molecule has 1 aliphatic rings. The zero-order valence-corrected chi connectivity index (χ0v) is 12.1. The summed E-state index contributed by atoms with van der Waals surface area (Å²) in [4.78, 5) is 4.31. The van der Waals surface area contributed by atoms with Crippen molar-refractivity contribution in [1.82, 2.24) is 5.32 Å². The molecule has 1 heterocycles. The van der Waals surface area contributed by atoms with E-state index in [4.69, 9.17) is 17.2 Å². The molecule has 0 bridgehead atoms. The topological polar surface area (TPSA) is 102 Å². The third kappa shape index (κ3) is 3.00. The Balaban J connectivity index is 2.39. The molecule has 1 atom stereocenters. The Morgan fingerprint density at radius 2 is 2.05 bits per heavy atom. The van der Waals surface area contributed by atoms with Gasteiger partial charge in [-0.3, -0.25) is 0 Å². The second kappa shape index (κ2) is 5.64. The molecule has 0 radical (unpaired) electrons. The fourth-order valence-electron chi connectivity index (χ4n) is 2.41. The summed E-state index contributed by atoms with van der Waals surface area (Å²) in [5.74, 6) is 0.350. The lowest BCUT2D eigenvalue weighted by atomic mass is 9.96. The van der Waals surface area contributed by atoms with Crippen molar-refractivity contribution in [1.29, 1.82) is 0 Å². The van der Waals surface area contributed by atoms with Crippen LogP contribution in [0.3, 0.4) is 0 Å². The fraction of sp³-hybridized carbons (Fsp3) is 0.400. The second-order valence-electron chi connectivity index (χ2n) is 5.31. The number of aliphatic imine (C=N–C) groups is 1. The van der Waals surface area contributed by atoms with Crippen LogP contribution in [0.5, 0.6) is 0 Å². The Labute approximate surface area is 119 Å². The van der Waals surface area contributed by atoms with Gasteiger partial charge in [-0.05, 0) is 50.4 Å². The molecule has 0 saturated carbocycles. The zero-order valence-electron chi connectivity index (χ0n) is 12.1. The van der Waals surface area contributed by atoms with E-state index in [1.165, 1.54) is 11.1 Å².